The molecule has 1 aliphatic heterocycles. The molecule has 6 nitrogen and oxygen atoms in total. The van der Waals surface area contributed by atoms with Gasteiger partial charge in [-0.15, -0.1) is 11.3 Å². The summed E-state index contributed by atoms with van der Waals surface area (Å²) in [4.78, 5) is 35.6. The van der Waals surface area contributed by atoms with Gasteiger partial charge in [-0.1, -0.05) is 12.1 Å². The van der Waals surface area contributed by atoms with Crippen LogP contribution in [0.15, 0.2) is 24.3 Å². The highest BCUT2D eigenvalue weighted by Gasteiger charge is 2.31. The summed E-state index contributed by atoms with van der Waals surface area (Å²) in [6, 6.07) is 8.15. The quantitative estimate of drug-likeness (QED) is 0.608. The zero-order valence-electron chi connectivity index (χ0n) is 17.8. The molecule has 1 aliphatic rings. The monoisotopic (exact) mass is 425 g/mol. The Labute approximate surface area is 180 Å². The van der Waals surface area contributed by atoms with E-state index in [0.717, 1.165) is 23.4 Å². The smallest absolute Gasteiger partial charge is 0.340 e. The number of amides is 1. The van der Waals surface area contributed by atoms with Gasteiger partial charge in [-0.3, -0.25) is 4.79 Å². The number of nitrogens with one attached hydrogen (secondary N) is 1. The number of carbonyl (C=O) groups excluding carboxylic acids is 2. The van der Waals surface area contributed by atoms with Crippen LogP contribution in [-0.2, 0) is 4.74 Å². The summed E-state index contributed by atoms with van der Waals surface area (Å²) < 4.78 is 6.53. The molecule has 0 unspecified atom stereocenters. The lowest BCUT2D eigenvalue weighted by Gasteiger charge is -2.31. The Balaban J connectivity index is 1.55. The SMILES string of the molecule is Cc1[nH]c(C(=O)N2CCC[C@H](c3nc4ccccc4s3)C2)c(C)c1C(=O)OC(C)C. The van der Waals surface area contributed by atoms with E-state index < -0.39 is 0 Å². The van der Waals surface area contributed by atoms with Crippen molar-refractivity contribution in [3.05, 3.63) is 51.8 Å². The number of piperidine rings is 1. The van der Waals surface area contributed by atoms with Gasteiger partial charge in [0, 0.05) is 24.7 Å². The Morgan fingerprint density at radius 1 is 1.27 bits per heavy atom. The molecule has 3 heterocycles. The first-order chi connectivity index (χ1) is 14.3. The summed E-state index contributed by atoms with van der Waals surface area (Å²) in [5.41, 5.74) is 3.29. The van der Waals surface area contributed by atoms with E-state index in [2.05, 4.69) is 11.1 Å². The number of para-hydroxylation sites is 1. The molecule has 1 saturated heterocycles. The van der Waals surface area contributed by atoms with E-state index in [9.17, 15) is 9.59 Å². The molecule has 4 rings (SSSR count). The van der Waals surface area contributed by atoms with Gasteiger partial charge in [-0.25, -0.2) is 9.78 Å². The molecule has 0 radical (unpaired) electrons. The van der Waals surface area contributed by atoms with Crippen molar-refractivity contribution in [3.63, 3.8) is 0 Å². The second kappa shape index (κ2) is 8.22. The molecule has 1 amide bonds. The molecule has 1 N–H and O–H groups in total. The van der Waals surface area contributed by atoms with Crippen LogP contribution in [0.2, 0.25) is 0 Å². The lowest BCUT2D eigenvalue weighted by atomic mass is 9.98. The highest BCUT2D eigenvalue weighted by atomic mass is 32.1. The molecule has 0 bridgehead atoms. The van der Waals surface area contributed by atoms with Crippen molar-refractivity contribution in [2.75, 3.05) is 13.1 Å². The lowest BCUT2D eigenvalue weighted by molar-refractivity contribution is 0.0376. The summed E-state index contributed by atoms with van der Waals surface area (Å²) in [6.45, 7) is 8.60. The van der Waals surface area contributed by atoms with Crippen LogP contribution < -0.4 is 0 Å². The van der Waals surface area contributed by atoms with Crippen LogP contribution in [0, 0.1) is 13.8 Å². The van der Waals surface area contributed by atoms with Crippen LogP contribution in [0.4, 0.5) is 0 Å². The van der Waals surface area contributed by atoms with E-state index in [1.807, 2.05) is 43.9 Å². The first-order valence-electron chi connectivity index (χ1n) is 10.4. The molecule has 0 aliphatic carbocycles. The first kappa shape index (κ1) is 20.6. The van der Waals surface area contributed by atoms with Gasteiger partial charge in [0.15, 0.2) is 0 Å². The Kier molecular flexibility index (Phi) is 5.64. The van der Waals surface area contributed by atoms with E-state index in [0.29, 0.717) is 35.6 Å². The fourth-order valence-electron chi connectivity index (χ4n) is 4.13. The average molecular weight is 426 g/mol. The summed E-state index contributed by atoms with van der Waals surface area (Å²) >= 11 is 1.71. The topological polar surface area (TPSA) is 75.3 Å². The zero-order valence-corrected chi connectivity index (χ0v) is 18.6. The lowest BCUT2D eigenvalue weighted by Crippen LogP contribution is -2.39. The minimum absolute atomic E-state index is 0.0648. The maximum Gasteiger partial charge on any atom is 0.340 e. The largest absolute Gasteiger partial charge is 0.459 e. The van der Waals surface area contributed by atoms with Crippen LogP contribution in [0.5, 0.6) is 0 Å². The number of nitrogens with zero attached hydrogens (tertiary/aromatic N) is 2. The number of thiazole rings is 1. The van der Waals surface area contributed by atoms with Gasteiger partial charge >= 0.3 is 5.97 Å². The van der Waals surface area contributed by atoms with Crippen molar-refractivity contribution in [1.82, 2.24) is 14.9 Å². The Bertz CT molecular complexity index is 1070. The number of aromatic nitrogens is 2. The van der Waals surface area contributed by atoms with Crippen LogP contribution >= 0.6 is 11.3 Å². The standard InChI is InChI=1S/C23H27N3O3S/c1-13(2)29-23(28)19-14(3)20(24-15(19)4)22(27)26-11-7-8-16(12-26)21-25-17-9-5-6-10-18(17)30-21/h5-6,9-10,13,16,24H,7-8,11-12H2,1-4H3/t16-/m0/s1. The molecule has 1 aromatic carbocycles. The third kappa shape index (κ3) is 3.86. The van der Waals surface area contributed by atoms with E-state index in [-0.39, 0.29) is 23.9 Å². The average Bonchev–Trinajstić information content (AvgIpc) is 3.27. The molecule has 7 heteroatoms. The Morgan fingerprint density at radius 2 is 2.03 bits per heavy atom. The predicted octanol–water partition coefficient (Wildman–Crippen LogP) is 4.83. The molecule has 3 aromatic rings. The van der Waals surface area contributed by atoms with Crippen molar-refractivity contribution in [3.8, 4) is 0 Å². The van der Waals surface area contributed by atoms with Gasteiger partial charge in [-0.05, 0) is 58.2 Å². The van der Waals surface area contributed by atoms with Crippen LogP contribution in [-0.4, -0.2) is 45.9 Å². The second-order valence-electron chi connectivity index (χ2n) is 8.19. The van der Waals surface area contributed by atoms with E-state index in [4.69, 9.17) is 9.72 Å². The number of carbonyl (C=O) groups is 2. The molecule has 1 fully saturated rings. The van der Waals surface area contributed by atoms with Crippen LogP contribution in [0.1, 0.15) is 69.7 Å². The summed E-state index contributed by atoms with van der Waals surface area (Å²) in [7, 11) is 0. The minimum Gasteiger partial charge on any atom is -0.459 e. The van der Waals surface area contributed by atoms with Crippen molar-refractivity contribution >= 4 is 33.4 Å². The third-order valence-electron chi connectivity index (χ3n) is 5.57. The number of benzene rings is 1. The van der Waals surface area contributed by atoms with E-state index >= 15 is 0 Å². The van der Waals surface area contributed by atoms with Crippen molar-refractivity contribution in [1.29, 1.82) is 0 Å². The van der Waals surface area contributed by atoms with E-state index in [1.165, 1.54) is 4.70 Å². The molecular weight excluding hydrogens is 398 g/mol. The minimum atomic E-state index is -0.388. The molecule has 30 heavy (non-hydrogen) atoms. The molecule has 158 valence electrons. The maximum absolute atomic E-state index is 13.3. The van der Waals surface area contributed by atoms with Crippen molar-refractivity contribution in [2.24, 2.45) is 0 Å². The van der Waals surface area contributed by atoms with Crippen LogP contribution in [0.25, 0.3) is 10.2 Å². The van der Waals surface area contributed by atoms with Gasteiger partial charge in [0.05, 0.1) is 26.9 Å². The summed E-state index contributed by atoms with van der Waals surface area (Å²) in [5, 5.41) is 1.09. The number of aryl methyl sites for hydroxylation is 1. The Hall–Kier alpha value is -2.67. The first-order valence-corrected chi connectivity index (χ1v) is 11.2. The number of H-pyrrole nitrogens is 1. The van der Waals surface area contributed by atoms with Crippen molar-refractivity contribution < 1.29 is 14.3 Å². The second-order valence-corrected chi connectivity index (χ2v) is 9.25. The van der Waals surface area contributed by atoms with Gasteiger partial charge in [0.2, 0.25) is 0 Å². The highest BCUT2D eigenvalue weighted by molar-refractivity contribution is 7.18. The van der Waals surface area contributed by atoms with Gasteiger partial charge < -0.3 is 14.6 Å². The number of likely N-dealkylation sites (tertiary alicyclic amines) is 1. The van der Waals surface area contributed by atoms with Gasteiger partial charge in [0.1, 0.15) is 5.69 Å². The van der Waals surface area contributed by atoms with Crippen molar-refractivity contribution in [2.45, 2.75) is 52.6 Å². The van der Waals surface area contributed by atoms with Gasteiger partial charge in [-0.2, -0.15) is 0 Å². The van der Waals surface area contributed by atoms with Crippen LogP contribution in [0.3, 0.4) is 0 Å². The molecule has 2 aromatic heterocycles. The normalized spacial score (nSPS) is 17.0. The zero-order chi connectivity index (χ0) is 21.4. The number of fused-ring (bicyclic) bond motifs is 1. The Morgan fingerprint density at radius 3 is 2.77 bits per heavy atom. The molecule has 0 spiro atoms. The van der Waals surface area contributed by atoms with Gasteiger partial charge in [0.25, 0.3) is 5.91 Å². The third-order valence-corrected chi connectivity index (χ3v) is 6.77. The number of hydrogen-bond acceptors (Lipinski definition) is 5. The number of aromatic amines is 1. The highest BCUT2D eigenvalue weighted by Crippen LogP contribution is 2.33. The fraction of sp³-hybridized carbons (Fsp3) is 0.435. The summed E-state index contributed by atoms with van der Waals surface area (Å²) in [5.74, 6) is -0.215. The summed E-state index contributed by atoms with van der Waals surface area (Å²) in [6.07, 6.45) is 1.76. The fourth-order valence-corrected chi connectivity index (χ4v) is 5.22. The number of rotatable bonds is 4. The molecular formula is C23H27N3O3S. The predicted molar refractivity (Wildman–Crippen MR) is 118 cm³/mol. The number of esters is 1. The number of ether oxygens (including phenoxy) is 1. The molecule has 1 atom stereocenters. The maximum atomic E-state index is 13.3. The molecule has 0 saturated carbocycles. The number of hydrogen-bond donors (Lipinski definition) is 1. The van der Waals surface area contributed by atoms with E-state index in [1.54, 1.807) is 18.3 Å².